The van der Waals surface area contributed by atoms with Crippen molar-refractivity contribution in [3.63, 3.8) is 0 Å². The molecule has 0 rings (SSSR count). The molecule has 0 saturated heterocycles. The zero-order valence-corrected chi connectivity index (χ0v) is 7.08. The van der Waals surface area contributed by atoms with Gasteiger partial charge in [0.05, 0.1) is 0 Å². The summed E-state index contributed by atoms with van der Waals surface area (Å²) in [5.74, 6) is 0. The molecule has 0 unspecified atom stereocenters. The smallest absolute Gasteiger partial charge is 0.236 e. The van der Waals surface area contributed by atoms with E-state index in [1.165, 1.54) is 6.92 Å². The third-order valence-corrected chi connectivity index (χ3v) is 0.925. The standard InChI is InChI=1S/C7H7ClF3N/c1-3-4-6(7(9,10)11)12-5(2)8/h3-4H,1H2,2H3/b6-4-,12-5+. The van der Waals surface area contributed by atoms with Gasteiger partial charge in [-0.25, -0.2) is 4.99 Å². The number of aliphatic imine (C=N–C) groups is 1. The Morgan fingerprint density at radius 1 is 1.50 bits per heavy atom. The fraction of sp³-hybridized carbons (Fsp3) is 0.286. The molecule has 0 spiro atoms. The third kappa shape index (κ3) is 4.18. The van der Waals surface area contributed by atoms with Crippen LogP contribution in [0.5, 0.6) is 0 Å². The van der Waals surface area contributed by atoms with Gasteiger partial charge in [-0.15, -0.1) is 0 Å². The van der Waals surface area contributed by atoms with Crippen LogP contribution in [0.1, 0.15) is 6.92 Å². The van der Waals surface area contributed by atoms with Crippen molar-refractivity contribution >= 4 is 16.8 Å². The highest BCUT2D eigenvalue weighted by Gasteiger charge is 2.33. The molecule has 0 radical (unpaired) electrons. The number of hydrogen-bond acceptors (Lipinski definition) is 1. The Hall–Kier alpha value is -0.770. The SMILES string of the molecule is C=C/C=C(\N=C(/C)Cl)C(F)(F)F. The van der Waals surface area contributed by atoms with Crippen molar-refractivity contribution in [3.8, 4) is 0 Å². The summed E-state index contributed by atoms with van der Waals surface area (Å²) in [6.45, 7) is 4.40. The van der Waals surface area contributed by atoms with Crippen molar-refractivity contribution in [1.82, 2.24) is 0 Å². The molecule has 0 N–H and O–H groups in total. The molecule has 1 nitrogen and oxygen atoms in total. The molecule has 0 aliphatic rings. The summed E-state index contributed by atoms with van der Waals surface area (Å²) in [6.07, 6.45) is -2.72. The molecule has 0 fully saturated rings. The molecule has 0 atom stereocenters. The molecule has 12 heavy (non-hydrogen) atoms. The zero-order valence-electron chi connectivity index (χ0n) is 6.32. The van der Waals surface area contributed by atoms with E-state index in [9.17, 15) is 13.2 Å². The number of hydrogen-bond donors (Lipinski definition) is 0. The van der Waals surface area contributed by atoms with Crippen molar-refractivity contribution in [3.05, 3.63) is 24.4 Å². The minimum absolute atomic E-state index is 0.166. The van der Waals surface area contributed by atoms with Gasteiger partial charge in [0.2, 0.25) is 0 Å². The molecule has 0 bridgehead atoms. The first-order valence-corrected chi connectivity index (χ1v) is 3.36. The average molecular weight is 198 g/mol. The van der Waals surface area contributed by atoms with Crippen molar-refractivity contribution < 1.29 is 13.2 Å². The maximum atomic E-state index is 12.0. The maximum absolute atomic E-state index is 12.0. The normalized spacial score (nSPS) is 14.8. The first-order chi connectivity index (χ1) is 5.38. The highest BCUT2D eigenvalue weighted by atomic mass is 35.5. The van der Waals surface area contributed by atoms with Crippen molar-refractivity contribution in [2.24, 2.45) is 4.99 Å². The van der Waals surface area contributed by atoms with Crippen LogP contribution in [0.25, 0.3) is 0 Å². The van der Waals surface area contributed by atoms with Gasteiger partial charge in [0.1, 0.15) is 10.9 Å². The monoisotopic (exact) mass is 197 g/mol. The van der Waals surface area contributed by atoms with E-state index in [4.69, 9.17) is 11.6 Å². The van der Waals surface area contributed by atoms with Crippen LogP contribution in [0.15, 0.2) is 29.4 Å². The van der Waals surface area contributed by atoms with Gasteiger partial charge >= 0.3 is 6.18 Å². The molecule has 0 heterocycles. The minimum atomic E-state index is -4.48. The lowest BCUT2D eigenvalue weighted by Gasteiger charge is -2.05. The Morgan fingerprint density at radius 3 is 2.25 bits per heavy atom. The average Bonchev–Trinajstić information content (AvgIpc) is 1.83. The minimum Gasteiger partial charge on any atom is -0.236 e. The van der Waals surface area contributed by atoms with Crippen LogP contribution in [0.4, 0.5) is 13.2 Å². The van der Waals surface area contributed by atoms with Crippen LogP contribution < -0.4 is 0 Å². The lowest BCUT2D eigenvalue weighted by Crippen LogP contribution is -2.10. The van der Waals surface area contributed by atoms with E-state index in [1.54, 1.807) is 0 Å². The van der Waals surface area contributed by atoms with Crippen LogP contribution >= 0.6 is 11.6 Å². The van der Waals surface area contributed by atoms with Crippen molar-refractivity contribution in [2.75, 3.05) is 0 Å². The number of rotatable bonds is 2. The van der Waals surface area contributed by atoms with Gasteiger partial charge in [0.25, 0.3) is 0 Å². The summed E-state index contributed by atoms with van der Waals surface area (Å²) < 4.78 is 36.0. The topological polar surface area (TPSA) is 12.4 Å². The fourth-order valence-corrected chi connectivity index (χ4v) is 0.564. The number of allylic oxidation sites excluding steroid dienone is 3. The molecule has 0 aliphatic carbocycles. The van der Waals surface area contributed by atoms with Crippen LogP contribution in [-0.2, 0) is 0 Å². The first-order valence-electron chi connectivity index (χ1n) is 2.98. The maximum Gasteiger partial charge on any atom is 0.433 e. The third-order valence-electron chi connectivity index (χ3n) is 0.841. The summed E-state index contributed by atoms with van der Waals surface area (Å²) in [4.78, 5) is 3.08. The largest absolute Gasteiger partial charge is 0.433 e. The van der Waals surface area contributed by atoms with E-state index in [2.05, 4.69) is 11.6 Å². The molecular weight excluding hydrogens is 191 g/mol. The zero-order chi connectivity index (χ0) is 9.78. The highest BCUT2D eigenvalue weighted by Crippen LogP contribution is 2.26. The van der Waals surface area contributed by atoms with E-state index in [-0.39, 0.29) is 5.17 Å². The lowest BCUT2D eigenvalue weighted by molar-refractivity contribution is -0.0922. The van der Waals surface area contributed by atoms with Gasteiger partial charge in [-0.05, 0) is 13.0 Å². The summed E-state index contributed by atoms with van der Waals surface area (Å²) in [7, 11) is 0. The molecule has 0 aliphatic heterocycles. The molecule has 68 valence electrons. The second-order valence-corrected chi connectivity index (χ2v) is 2.44. The van der Waals surface area contributed by atoms with E-state index in [1.807, 2.05) is 0 Å². The van der Waals surface area contributed by atoms with E-state index < -0.39 is 11.9 Å². The van der Waals surface area contributed by atoms with Gasteiger partial charge in [0.15, 0.2) is 0 Å². The van der Waals surface area contributed by atoms with Gasteiger partial charge in [0, 0.05) is 0 Å². The van der Waals surface area contributed by atoms with E-state index in [0.29, 0.717) is 0 Å². The Balaban J connectivity index is 4.82. The Bertz CT molecular complexity index is 223. The Morgan fingerprint density at radius 2 is 2.00 bits per heavy atom. The quantitative estimate of drug-likeness (QED) is 0.476. The van der Waals surface area contributed by atoms with Crippen molar-refractivity contribution in [2.45, 2.75) is 13.1 Å². The molecule has 0 saturated carbocycles. The summed E-state index contributed by atoms with van der Waals surface area (Å²) in [6, 6.07) is 0. The second kappa shape index (κ2) is 4.30. The Kier molecular flexibility index (Phi) is 4.03. The molecule has 0 aromatic heterocycles. The van der Waals surface area contributed by atoms with E-state index in [0.717, 1.165) is 12.2 Å². The van der Waals surface area contributed by atoms with Gasteiger partial charge in [-0.3, -0.25) is 0 Å². The number of nitrogens with zero attached hydrogens (tertiary/aromatic N) is 1. The fourth-order valence-electron chi connectivity index (χ4n) is 0.473. The Labute approximate surface area is 73.2 Å². The number of alkyl halides is 3. The highest BCUT2D eigenvalue weighted by molar-refractivity contribution is 6.64. The summed E-state index contributed by atoms with van der Waals surface area (Å²) in [5.41, 5.74) is -1.05. The van der Waals surface area contributed by atoms with Crippen molar-refractivity contribution in [1.29, 1.82) is 0 Å². The predicted octanol–water partition coefficient (Wildman–Crippen LogP) is 3.28. The van der Waals surface area contributed by atoms with Crippen LogP contribution in [-0.4, -0.2) is 11.3 Å². The van der Waals surface area contributed by atoms with Gasteiger partial charge in [-0.2, -0.15) is 13.2 Å². The van der Waals surface area contributed by atoms with Gasteiger partial charge in [-0.1, -0.05) is 24.3 Å². The second-order valence-electron chi connectivity index (χ2n) is 1.89. The van der Waals surface area contributed by atoms with Crippen LogP contribution in [0.3, 0.4) is 0 Å². The predicted molar refractivity (Wildman–Crippen MR) is 43.3 cm³/mol. The molecule has 0 aromatic carbocycles. The first kappa shape index (κ1) is 11.2. The molecule has 0 aromatic rings. The van der Waals surface area contributed by atoms with Crippen LogP contribution in [0, 0.1) is 0 Å². The summed E-state index contributed by atoms with van der Waals surface area (Å²) in [5, 5.41) is -0.166. The lowest BCUT2D eigenvalue weighted by atomic mass is 10.4. The van der Waals surface area contributed by atoms with Crippen LogP contribution in [0.2, 0.25) is 0 Å². The molecular formula is C7H7ClF3N. The number of halogens is 4. The summed E-state index contributed by atoms with van der Waals surface area (Å²) >= 11 is 5.19. The molecule has 0 amide bonds. The van der Waals surface area contributed by atoms with E-state index >= 15 is 0 Å². The van der Waals surface area contributed by atoms with Gasteiger partial charge < -0.3 is 0 Å². The molecule has 5 heteroatoms.